The van der Waals surface area contributed by atoms with Crippen LogP contribution in [0.2, 0.25) is 0 Å². The smallest absolute Gasteiger partial charge is 0.338 e. The lowest BCUT2D eigenvalue weighted by molar-refractivity contribution is -0.384. The highest BCUT2D eigenvalue weighted by atomic mass is 127. The number of anilines is 1. The lowest BCUT2D eigenvalue weighted by atomic mass is 10.2. The molecule has 0 radical (unpaired) electrons. The molecular formula is C12H7IN2O5S. The second kappa shape index (κ2) is 6.18. The van der Waals surface area contributed by atoms with Gasteiger partial charge in [0.25, 0.3) is 11.6 Å². The van der Waals surface area contributed by atoms with Crippen LogP contribution in [0.25, 0.3) is 0 Å². The standard InChI is InChI=1S/C12H7IN2O5S/c13-9-2-1-6(15(19)20)5-8(9)10(16)14-11-7(12(17)18)3-4-21-11/h1-5H,(H,14,16)(H,17,18). The minimum atomic E-state index is -1.15. The average Bonchev–Trinajstić information content (AvgIpc) is 2.87. The summed E-state index contributed by atoms with van der Waals surface area (Å²) in [5.41, 5.74) is -0.103. The Hall–Kier alpha value is -2.01. The van der Waals surface area contributed by atoms with Crippen molar-refractivity contribution < 1.29 is 19.6 Å². The predicted molar refractivity (Wildman–Crippen MR) is 85.0 cm³/mol. The van der Waals surface area contributed by atoms with Crippen LogP contribution in [0.1, 0.15) is 20.7 Å². The molecule has 108 valence electrons. The molecular weight excluding hydrogens is 411 g/mol. The zero-order chi connectivity index (χ0) is 15.6. The number of hydrogen-bond donors (Lipinski definition) is 2. The number of nitro groups is 1. The van der Waals surface area contributed by atoms with E-state index in [1.165, 1.54) is 23.6 Å². The summed E-state index contributed by atoms with van der Waals surface area (Å²) in [6.45, 7) is 0. The van der Waals surface area contributed by atoms with Crippen molar-refractivity contribution in [3.05, 3.63) is 54.5 Å². The fourth-order valence-electron chi connectivity index (χ4n) is 1.55. The lowest BCUT2D eigenvalue weighted by Gasteiger charge is -2.06. The number of nitro benzene ring substituents is 1. The molecule has 2 rings (SSSR count). The second-order valence-electron chi connectivity index (χ2n) is 3.84. The Labute approximate surface area is 135 Å². The van der Waals surface area contributed by atoms with Crippen LogP contribution in [0.3, 0.4) is 0 Å². The van der Waals surface area contributed by atoms with Crippen molar-refractivity contribution in [2.75, 3.05) is 5.32 Å². The highest BCUT2D eigenvalue weighted by Crippen LogP contribution is 2.26. The zero-order valence-corrected chi connectivity index (χ0v) is 13.2. The summed E-state index contributed by atoms with van der Waals surface area (Å²) in [6.07, 6.45) is 0. The molecule has 0 saturated heterocycles. The molecule has 0 aliphatic heterocycles. The van der Waals surface area contributed by atoms with E-state index >= 15 is 0 Å². The molecule has 0 aliphatic rings. The number of thiophene rings is 1. The van der Waals surface area contributed by atoms with Gasteiger partial charge < -0.3 is 10.4 Å². The Balaban J connectivity index is 2.32. The number of rotatable bonds is 4. The zero-order valence-electron chi connectivity index (χ0n) is 10.2. The molecule has 0 unspecified atom stereocenters. The Kier molecular flexibility index (Phi) is 4.53. The molecule has 0 bridgehead atoms. The van der Waals surface area contributed by atoms with E-state index in [4.69, 9.17) is 5.11 Å². The molecule has 0 aliphatic carbocycles. The molecule has 1 amide bonds. The largest absolute Gasteiger partial charge is 0.478 e. The molecule has 2 N–H and O–H groups in total. The van der Waals surface area contributed by atoms with Gasteiger partial charge >= 0.3 is 5.97 Å². The first kappa shape index (κ1) is 15.4. The predicted octanol–water partition coefficient (Wildman–Crippen LogP) is 3.21. The number of carboxylic acid groups (broad SMARTS) is 1. The Morgan fingerprint density at radius 3 is 2.62 bits per heavy atom. The normalized spacial score (nSPS) is 10.1. The monoisotopic (exact) mass is 418 g/mol. The van der Waals surface area contributed by atoms with Crippen molar-refractivity contribution in [3.63, 3.8) is 0 Å². The Bertz CT molecular complexity index is 743. The van der Waals surface area contributed by atoms with E-state index in [0.29, 0.717) is 3.57 Å². The van der Waals surface area contributed by atoms with Gasteiger partial charge in [0.15, 0.2) is 0 Å². The molecule has 9 heteroatoms. The van der Waals surface area contributed by atoms with E-state index in [2.05, 4.69) is 5.32 Å². The van der Waals surface area contributed by atoms with Crippen molar-refractivity contribution in [3.8, 4) is 0 Å². The van der Waals surface area contributed by atoms with Crippen LogP contribution in [-0.4, -0.2) is 21.9 Å². The van der Waals surface area contributed by atoms with Gasteiger partial charge in [-0.2, -0.15) is 0 Å². The first-order chi connectivity index (χ1) is 9.90. The number of carboxylic acids is 1. The van der Waals surface area contributed by atoms with E-state index in [0.717, 1.165) is 17.4 Å². The molecule has 21 heavy (non-hydrogen) atoms. The first-order valence-corrected chi connectivity index (χ1v) is 7.42. The van der Waals surface area contributed by atoms with Crippen molar-refractivity contribution in [1.82, 2.24) is 0 Å². The highest BCUT2D eigenvalue weighted by molar-refractivity contribution is 14.1. The third-order valence-corrected chi connectivity index (χ3v) is 4.30. The van der Waals surface area contributed by atoms with Gasteiger partial charge in [0, 0.05) is 15.7 Å². The van der Waals surface area contributed by atoms with E-state index in [1.807, 2.05) is 22.6 Å². The molecule has 1 aromatic heterocycles. The molecule has 0 fully saturated rings. The number of non-ortho nitro benzene ring substituents is 1. The topological polar surface area (TPSA) is 110 Å². The molecule has 1 heterocycles. The van der Waals surface area contributed by atoms with Crippen LogP contribution in [0.15, 0.2) is 29.6 Å². The van der Waals surface area contributed by atoms with Crippen molar-refractivity contribution in [2.45, 2.75) is 0 Å². The SMILES string of the molecule is O=C(Nc1sccc1C(=O)O)c1cc([N+](=O)[O-])ccc1I. The van der Waals surface area contributed by atoms with E-state index in [1.54, 1.807) is 0 Å². The maximum atomic E-state index is 12.2. The third-order valence-electron chi connectivity index (χ3n) is 2.53. The average molecular weight is 418 g/mol. The lowest BCUT2D eigenvalue weighted by Crippen LogP contribution is -2.14. The summed E-state index contributed by atoms with van der Waals surface area (Å²) in [5, 5.41) is 23.9. The maximum Gasteiger partial charge on any atom is 0.338 e. The molecule has 7 nitrogen and oxygen atoms in total. The maximum absolute atomic E-state index is 12.2. The number of amides is 1. The third kappa shape index (κ3) is 3.36. The summed E-state index contributed by atoms with van der Waals surface area (Å²) in [5.74, 6) is -1.74. The fourth-order valence-corrected chi connectivity index (χ4v) is 2.90. The summed E-state index contributed by atoms with van der Waals surface area (Å²) in [6, 6.07) is 5.29. The van der Waals surface area contributed by atoms with Gasteiger partial charge in [-0.15, -0.1) is 11.3 Å². The van der Waals surface area contributed by atoms with Gasteiger partial charge in [-0.25, -0.2) is 4.79 Å². The van der Waals surface area contributed by atoms with Crippen LogP contribution in [0.4, 0.5) is 10.7 Å². The van der Waals surface area contributed by atoms with Crippen LogP contribution < -0.4 is 5.32 Å². The quantitative estimate of drug-likeness (QED) is 0.450. The number of benzene rings is 1. The van der Waals surface area contributed by atoms with Crippen molar-refractivity contribution >= 4 is 56.5 Å². The van der Waals surface area contributed by atoms with Crippen LogP contribution in [-0.2, 0) is 0 Å². The second-order valence-corrected chi connectivity index (χ2v) is 5.92. The highest BCUT2D eigenvalue weighted by Gasteiger charge is 2.19. The number of carbonyl (C=O) groups is 2. The molecule has 0 spiro atoms. The van der Waals surface area contributed by atoms with Crippen molar-refractivity contribution in [1.29, 1.82) is 0 Å². The Morgan fingerprint density at radius 2 is 2.00 bits per heavy atom. The fraction of sp³-hybridized carbons (Fsp3) is 0. The summed E-state index contributed by atoms with van der Waals surface area (Å²) >= 11 is 2.95. The van der Waals surface area contributed by atoms with Crippen LogP contribution in [0.5, 0.6) is 0 Å². The molecule has 2 aromatic rings. The van der Waals surface area contributed by atoms with Gasteiger partial charge in [-0.1, -0.05) is 0 Å². The summed E-state index contributed by atoms with van der Waals surface area (Å²) < 4.78 is 0.532. The van der Waals surface area contributed by atoms with Gasteiger partial charge in [0.05, 0.1) is 16.1 Å². The number of hydrogen-bond acceptors (Lipinski definition) is 5. The van der Waals surface area contributed by atoms with E-state index in [-0.39, 0.29) is 21.8 Å². The van der Waals surface area contributed by atoms with Gasteiger partial charge in [0.1, 0.15) is 5.00 Å². The summed E-state index contributed by atoms with van der Waals surface area (Å²) in [4.78, 5) is 33.3. The van der Waals surface area contributed by atoms with Gasteiger partial charge in [-0.05, 0) is 40.1 Å². The summed E-state index contributed by atoms with van der Waals surface area (Å²) in [7, 11) is 0. The van der Waals surface area contributed by atoms with E-state index < -0.39 is 16.8 Å². The number of carbonyl (C=O) groups excluding carboxylic acids is 1. The van der Waals surface area contributed by atoms with Gasteiger partial charge in [0.2, 0.25) is 0 Å². The molecule has 0 saturated carbocycles. The number of aromatic carboxylic acids is 1. The van der Waals surface area contributed by atoms with Crippen LogP contribution in [0, 0.1) is 13.7 Å². The number of halogens is 1. The van der Waals surface area contributed by atoms with Crippen LogP contribution >= 0.6 is 33.9 Å². The van der Waals surface area contributed by atoms with Gasteiger partial charge in [-0.3, -0.25) is 14.9 Å². The van der Waals surface area contributed by atoms with Crippen molar-refractivity contribution in [2.24, 2.45) is 0 Å². The first-order valence-electron chi connectivity index (χ1n) is 5.46. The molecule has 1 aromatic carbocycles. The Morgan fingerprint density at radius 1 is 1.29 bits per heavy atom. The molecule has 0 atom stereocenters. The van der Waals surface area contributed by atoms with E-state index in [9.17, 15) is 19.7 Å². The number of nitrogens with zero attached hydrogens (tertiary/aromatic N) is 1. The minimum Gasteiger partial charge on any atom is -0.478 e. The number of nitrogens with one attached hydrogen (secondary N) is 1. The minimum absolute atomic E-state index is 0.0196.